The monoisotopic (exact) mass is 303 g/mol. The van der Waals surface area contributed by atoms with Crippen molar-refractivity contribution in [2.24, 2.45) is 0 Å². The van der Waals surface area contributed by atoms with Crippen LogP contribution in [-0.4, -0.2) is 17.5 Å². The van der Waals surface area contributed by atoms with Crippen LogP contribution in [0.15, 0.2) is 47.6 Å². The summed E-state index contributed by atoms with van der Waals surface area (Å²) in [6.07, 6.45) is 5.95. The minimum absolute atomic E-state index is 0.0495. The van der Waals surface area contributed by atoms with Crippen LogP contribution in [0.25, 0.3) is 0 Å². The largest absolute Gasteiger partial charge is 0.458 e. The molecular formula is C17H21NO4. The number of carbonyl (C=O) groups is 1. The molecule has 0 atom stereocenters. The Kier molecular flexibility index (Phi) is 7.02. The lowest BCUT2D eigenvalue weighted by Crippen LogP contribution is -2.05. The van der Waals surface area contributed by atoms with E-state index in [4.69, 9.17) is 4.74 Å². The van der Waals surface area contributed by atoms with Crippen LogP contribution >= 0.6 is 0 Å². The molecule has 0 saturated heterocycles. The summed E-state index contributed by atoms with van der Waals surface area (Å²) in [5, 5.41) is 10.5. The first-order valence-electron chi connectivity index (χ1n) is 7.10. The van der Waals surface area contributed by atoms with Crippen LogP contribution < -0.4 is 0 Å². The third-order valence-electron chi connectivity index (χ3n) is 3.05. The highest BCUT2D eigenvalue weighted by atomic mass is 16.6. The average molecular weight is 303 g/mol. The Morgan fingerprint density at radius 2 is 1.82 bits per heavy atom. The second kappa shape index (κ2) is 8.77. The van der Waals surface area contributed by atoms with Crippen molar-refractivity contribution in [3.05, 3.63) is 63.2 Å². The standard InChI is InChI=1S/C17H21NO4/c1-13(2)5-4-6-14(3)11-12-22-17(19)15-7-9-16(10-8-15)18(20)21/h5,7-11H,4,6,12H2,1-3H3/b14-11+. The second-order valence-electron chi connectivity index (χ2n) is 5.27. The third kappa shape index (κ3) is 6.35. The van der Waals surface area contributed by atoms with Crippen LogP contribution in [-0.2, 0) is 4.74 Å². The summed E-state index contributed by atoms with van der Waals surface area (Å²) in [7, 11) is 0. The molecule has 0 fully saturated rings. The summed E-state index contributed by atoms with van der Waals surface area (Å²) < 4.78 is 5.13. The Morgan fingerprint density at radius 3 is 2.36 bits per heavy atom. The first kappa shape index (κ1) is 17.6. The molecule has 22 heavy (non-hydrogen) atoms. The predicted molar refractivity (Wildman–Crippen MR) is 85.8 cm³/mol. The van der Waals surface area contributed by atoms with Gasteiger partial charge < -0.3 is 4.74 Å². The van der Waals surface area contributed by atoms with Crippen molar-refractivity contribution in [3.8, 4) is 0 Å². The first-order valence-corrected chi connectivity index (χ1v) is 7.10. The lowest BCUT2D eigenvalue weighted by atomic mass is 10.1. The van der Waals surface area contributed by atoms with Crippen molar-refractivity contribution < 1.29 is 14.5 Å². The number of non-ortho nitro benzene ring substituents is 1. The molecule has 0 spiro atoms. The van der Waals surface area contributed by atoms with Gasteiger partial charge in [0.15, 0.2) is 0 Å². The van der Waals surface area contributed by atoms with Gasteiger partial charge in [0.05, 0.1) is 10.5 Å². The Bertz CT molecular complexity index is 581. The summed E-state index contributed by atoms with van der Waals surface area (Å²) in [6, 6.07) is 5.37. The molecule has 0 aliphatic carbocycles. The third-order valence-corrected chi connectivity index (χ3v) is 3.05. The molecule has 1 aromatic rings. The Hall–Kier alpha value is -2.43. The van der Waals surface area contributed by atoms with Gasteiger partial charge in [-0.05, 0) is 51.8 Å². The van der Waals surface area contributed by atoms with Gasteiger partial charge in [-0.15, -0.1) is 0 Å². The van der Waals surface area contributed by atoms with Gasteiger partial charge in [0, 0.05) is 12.1 Å². The van der Waals surface area contributed by atoms with Gasteiger partial charge in [0.2, 0.25) is 0 Å². The SMILES string of the molecule is CC(C)=CCC/C(C)=C/COC(=O)c1ccc([N+](=O)[O-])cc1. The summed E-state index contributed by atoms with van der Waals surface area (Å²) in [4.78, 5) is 21.8. The van der Waals surface area contributed by atoms with E-state index in [1.165, 1.54) is 29.8 Å². The van der Waals surface area contributed by atoms with E-state index in [1.54, 1.807) is 0 Å². The quantitative estimate of drug-likeness (QED) is 0.323. The fourth-order valence-corrected chi connectivity index (χ4v) is 1.75. The number of rotatable bonds is 7. The van der Waals surface area contributed by atoms with Gasteiger partial charge in [0.25, 0.3) is 5.69 Å². The number of ether oxygens (including phenoxy) is 1. The molecular weight excluding hydrogens is 282 g/mol. The summed E-state index contributed by atoms with van der Waals surface area (Å²) in [5.41, 5.74) is 2.71. The molecule has 0 amide bonds. The summed E-state index contributed by atoms with van der Waals surface area (Å²) >= 11 is 0. The molecule has 0 saturated carbocycles. The van der Waals surface area contributed by atoms with Crippen molar-refractivity contribution in [2.75, 3.05) is 6.61 Å². The highest BCUT2D eigenvalue weighted by molar-refractivity contribution is 5.89. The fourth-order valence-electron chi connectivity index (χ4n) is 1.75. The highest BCUT2D eigenvalue weighted by Gasteiger charge is 2.09. The number of nitro groups is 1. The average Bonchev–Trinajstić information content (AvgIpc) is 2.46. The maximum absolute atomic E-state index is 11.8. The number of nitro benzene ring substituents is 1. The van der Waals surface area contributed by atoms with Crippen molar-refractivity contribution in [1.29, 1.82) is 0 Å². The number of hydrogen-bond donors (Lipinski definition) is 0. The normalized spacial score (nSPS) is 11.0. The van der Waals surface area contributed by atoms with E-state index in [0.29, 0.717) is 5.56 Å². The Labute approximate surface area is 130 Å². The maximum atomic E-state index is 11.8. The van der Waals surface area contributed by atoms with Crippen molar-refractivity contribution in [2.45, 2.75) is 33.6 Å². The number of nitrogens with zero attached hydrogens (tertiary/aromatic N) is 1. The van der Waals surface area contributed by atoms with Gasteiger partial charge in [0.1, 0.15) is 6.61 Å². The number of esters is 1. The van der Waals surface area contributed by atoms with Crippen molar-refractivity contribution in [3.63, 3.8) is 0 Å². The molecule has 0 N–H and O–H groups in total. The minimum atomic E-state index is -0.506. The van der Waals surface area contributed by atoms with E-state index in [-0.39, 0.29) is 12.3 Å². The molecule has 1 aromatic carbocycles. The number of carbonyl (C=O) groups excluding carboxylic acids is 1. The topological polar surface area (TPSA) is 69.4 Å². The van der Waals surface area contributed by atoms with Crippen LogP contribution in [0.5, 0.6) is 0 Å². The van der Waals surface area contributed by atoms with Gasteiger partial charge in [-0.1, -0.05) is 17.2 Å². The lowest BCUT2D eigenvalue weighted by Gasteiger charge is -2.03. The Balaban J connectivity index is 2.45. The van der Waals surface area contributed by atoms with Crippen LogP contribution in [0, 0.1) is 10.1 Å². The molecule has 0 unspecified atom stereocenters. The summed E-state index contributed by atoms with van der Waals surface area (Å²) in [6.45, 7) is 6.32. The molecule has 5 heteroatoms. The van der Waals surface area contributed by atoms with Gasteiger partial charge in [-0.3, -0.25) is 10.1 Å². The zero-order chi connectivity index (χ0) is 16.5. The number of allylic oxidation sites excluding steroid dienone is 3. The van der Waals surface area contributed by atoms with E-state index in [0.717, 1.165) is 18.4 Å². The number of hydrogen-bond acceptors (Lipinski definition) is 4. The Morgan fingerprint density at radius 1 is 1.18 bits per heavy atom. The highest BCUT2D eigenvalue weighted by Crippen LogP contribution is 2.13. The van der Waals surface area contributed by atoms with E-state index in [2.05, 4.69) is 19.9 Å². The van der Waals surface area contributed by atoms with Crippen LogP contribution in [0.2, 0.25) is 0 Å². The molecule has 1 rings (SSSR count). The van der Waals surface area contributed by atoms with Crippen molar-refractivity contribution >= 4 is 11.7 Å². The molecule has 0 aromatic heterocycles. The molecule has 0 bridgehead atoms. The number of benzene rings is 1. The lowest BCUT2D eigenvalue weighted by molar-refractivity contribution is -0.384. The molecule has 0 radical (unpaired) electrons. The van der Waals surface area contributed by atoms with Gasteiger partial charge in [-0.25, -0.2) is 4.79 Å². The zero-order valence-corrected chi connectivity index (χ0v) is 13.2. The van der Waals surface area contributed by atoms with Crippen LogP contribution in [0.3, 0.4) is 0 Å². The van der Waals surface area contributed by atoms with E-state index in [1.807, 2.05) is 13.0 Å². The van der Waals surface area contributed by atoms with Crippen LogP contribution in [0.4, 0.5) is 5.69 Å². The first-order chi connectivity index (χ1) is 10.4. The van der Waals surface area contributed by atoms with E-state index in [9.17, 15) is 14.9 Å². The van der Waals surface area contributed by atoms with E-state index >= 15 is 0 Å². The molecule has 118 valence electrons. The second-order valence-corrected chi connectivity index (χ2v) is 5.27. The van der Waals surface area contributed by atoms with Crippen molar-refractivity contribution in [1.82, 2.24) is 0 Å². The van der Waals surface area contributed by atoms with E-state index < -0.39 is 10.9 Å². The van der Waals surface area contributed by atoms with Crippen LogP contribution in [0.1, 0.15) is 44.0 Å². The minimum Gasteiger partial charge on any atom is -0.458 e. The molecule has 0 aliphatic heterocycles. The summed E-state index contributed by atoms with van der Waals surface area (Å²) in [5.74, 6) is -0.483. The molecule has 0 aliphatic rings. The zero-order valence-electron chi connectivity index (χ0n) is 13.2. The van der Waals surface area contributed by atoms with Gasteiger partial charge >= 0.3 is 5.97 Å². The van der Waals surface area contributed by atoms with Gasteiger partial charge in [-0.2, -0.15) is 0 Å². The smallest absolute Gasteiger partial charge is 0.338 e. The molecule has 5 nitrogen and oxygen atoms in total. The maximum Gasteiger partial charge on any atom is 0.338 e. The predicted octanol–water partition coefficient (Wildman–Crippen LogP) is 4.44. The molecule has 0 heterocycles. The fraction of sp³-hybridized carbons (Fsp3) is 0.353.